The van der Waals surface area contributed by atoms with E-state index in [9.17, 15) is 0 Å². The van der Waals surface area contributed by atoms with E-state index in [1.54, 1.807) is 0 Å². The first kappa shape index (κ1) is 44.1. The second kappa shape index (κ2) is 16.6. The minimum Gasteiger partial charge on any atom is -0.456 e. The lowest BCUT2D eigenvalue weighted by Crippen LogP contribution is -2.15. The van der Waals surface area contributed by atoms with Gasteiger partial charge in [0.1, 0.15) is 22.3 Å². The van der Waals surface area contributed by atoms with Gasteiger partial charge in [0.15, 0.2) is 0 Å². The van der Waals surface area contributed by atoms with Gasteiger partial charge in [0.2, 0.25) is 0 Å². The maximum Gasteiger partial charge on any atom is 0.140 e. The molecule has 2 heterocycles. The van der Waals surface area contributed by atoms with E-state index < -0.39 is 0 Å². The second-order valence-electron chi connectivity index (χ2n) is 21.6. The molecule has 362 valence electrons. The van der Waals surface area contributed by atoms with E-state index in [0.29, 0.717) is 0 Å². The Morgan fingerprint density at radius 1 is 0.289 bits per heavy atom. The quantitative estimate of drug-likeness (QED) is 0.152. The van der Waals surface area contributed by atoms with Crippen molar-refractivity contribution in [2.24, 2.45) is 0 Å². The number of hydrogen-bond acceptors (Lipinski definition) is 4. The Labute approximate surface area is 442 Å². The van der Waals surface area contributed by atoms with Crippen LogP contribution in [0.1, 0.15) is 49.9 Å². The second-order valence-corrected chi connectivity index (χ2v) is 21.6. The molecule has 0 bridgehead atoms. The molecular formula is C72H52N2O2. The first-order valence-corrected chi connectivity index (χ1v) is 26.4. The summed E-state index contributed by atoms with van der Waals surface area (Å²) in [4.78, 5) is 4.69. The Bertz CT molecular complexity index is 4450. The molecule has 0 aliphatic heterocycles. The fourth-order valence-electron chi connectivity index (χ4n) is 13.0. The first-order chi connectivity index (χ1) is 37.2. The molecule has 0 atom stereocenters. The third-order valence-electron chi connectivity index (χ3n) is 16.6. The van der Waals surface area contributed by atoms with Gasteiger partial charge in [0.05, 0.1) is 0 Å². The number of benzene rings is 11. The topological polar surface area (TPSA) is 32.8 Å². The monoisotopic (exact) mass is 976 g/mol. The van der Waals surface area contributed by atoms with Crippen LogP contribution >= 0.6 is 0 Å². The molecule has 11 aromatic carbocycles. The fourth-order valence-corrected chi connectivity index (χ4v) is 13.0. The minimum absolute atomic E-state index is 0.146. The summed E-state index contributed by atoms with van der Waals surface area (Å²) in [6.45, 7) is 9.33. The fraction of sp³-hybridized carbons (Fsp3) is 0.0833. The normalized spacial score (nSPS) is 13.7. The van der Waals surface area contributed by atoms with Crippen LogP contribution in [0.3, 0.4) is 0 Å². The van der Waals surface area contributed by atoms with Crippen LogP contribution in [0.5, 0.6) is 0 Å². The van der Waals surface area contributed by atoms with Crippen LogP contribution in [0, 0.1) is 0 Å². The molecular weight excluding hydrogens is 925 g/mol. The van der Waals surface area contributed by atoms with E-state index in [-0.39, 0.29) is 10.8 Å². The van der Waals surface area contributed by atoms with Gasteiger partial charge in [0.25, 0.3) is 0 Å². The molecule has 2 aromatic heterocycles. The van der Waals surface area contributed by atoms with Crippen LogP contribution < -0.4 is 9.80 Å². The number of fused-ring (bicyclic) bond motifs is 14. The summed E-state index contributed by atoms with van der Waals surface area (Å²) in [5.74, 6) is 0. The molecule has 4 heteroatoms. The summed E-state index contributed by atoms with van der Waals surface area (Å²) in [6, 6.07) is 87.9. The lowest BCUT2D eigenvalue weighted by molar-refractivity contribution is 0.620. The van der Waals surface area contributed by atoms with Crippen molar-refractivity contribution >= 4 is 78.0 Å². The standard InChI is InChI=1S/C72H52N2O2/c1-71(2)62-24-13-11-22-55(62)57-38-41-66-67(68(57)71)61-43-48(30-39-65(61)75-66)46-28-33-51(34-29-46)73(49-17-7-5-8-18-49)53-21-15-16-47(42-53)45-26-31-52(32-27-45)74(50-19-9-6-10-20-50)54-35-40-64-60(44-54)59-37-36-58-56-23-12-14-25-63(56)72(3,4)69(58)70(59)76-64/h5-44H,1-4H3. The Kier molecular flexibility index (Phi) is 9.62. The molecule has 2 aliphatic rings. The van der Waals surface area contributed by atoms with Crippen molar-refractivity contribution in [2.45, 2.75) is 38.5 Å². The first-order valence-electron chi connectivity index (χ1n) is 26.4. The Morgan fingerprint density at radius 3 is 1.39 bits per heavy atom. The summed E-state index contributed by atoms with van der Waals surface area (Å²) < 4.78 is 13.3. The molecule has 0 amide bonds. The Hall–Kier alpha value is -9.38. The van der Waals surface area contributed by atoms with Crippen molar-refractivity contribution in [1.29, 1.82) is 0 Å². The van der Waals surface area contributed by atoms with E-state index in [0.717, 1.165) is 94.9 Å². The van der Waals surface area contributed by atoms with E-state index in [1.807, 2.05) is 0 Å². The molecule has 76 heavy (non-hydrogen) atoms. The van der Waals surface area contributed by atoms with E-state index >= 15 is 0 Å². The van der Waals surface area contributed by atoms with Gasteiger partial charge in [-0.25, -0.2) is 0 Å². The van der Waals surface area contributed by atoms with Crippen molar-refractivity contribution in [3.8, 4) is 44.5 Å². The lowest BCUT2D eigenvalue weighted by Gasteiger charge is -2.26. The molecule has 0 saturated heterocycles. The highest BCUT2D eigenvalue weighted by Crippen LogP contribution is 2.55. The largest absolute Gasteiger partial charge is 0.456 e. The average Bonchev–Trinajstić information content (AvgIpc) is 4.35. The molecule has 0 N–H and O–H groups in total. The zero-order chi connectivity index (χ0) is 50.9. The highest BCUT2D eigenvalue weighted by atomic mass is 16.3. The van der Waals surface area contributed by atoms with Crippen molar-refractivity contribution in [1.82, 2.24) is 0 Å². The summed E-state index contributed by atoms with van der Waals surface area (Å²) in [7, 11) is 0. The third-order valence-corrected chi connectivity index (χ3v) is 16.6. The number of para-hydroxylation sites is 2. The van der Waals surface area contributed by atoms with Gasteiger partial charge in [-0.2, -0.15) is 0 Å². The van der Waals surface area contributed by atoms with Crippen LogP contribution in [-0.2, 0) is 10.8 Å². The van der Waals surface area contributed by atoms with Crippen molar-refractivity contribution in [2.75, 3.05) is 9.80 Å². The van der Waals surface area contributed by atoms with Gasteiger partial charge in [-0.05, 0) is 164 Å². The van der Waals surface area contributed by atoms with Crippen molar-refractivity contribution in [3.05, 3.63) is 265 Å². The highest BCUT2D eigenvalue weighted by molar-refractivity contribution is 6.13. The predicted molar refractivity (Wildman–Crippen MR) is 316 cm³/mol. The maximum atomic E-state index is 6.80. The number of rotatable bonds is 8. The molecule has 0 unspecified atom stereocenters. The number of nitrogens with zero attached hydrogens (tertiary/aromatic N) is 2. The molecule has 15 rings (SSSR count). The molecule has 0 saturated carbocycles. The Balaban J connectivity index is 0.760. The molecule has 2 aliphatic carbocycles. The van der Waals surface area contributed by atoms with Crippen LogP contribution in [0.25, 0.3) is 88.4 Å². The van der Waals surface area contributed by atoms with Crippen LogP contribution in [0.2, 0.25) is 0 Å². The minimum atomic E-state index is -0.173. The summed E-state index contributed by atoms with van der Waals surface area (Å²) >= 11 is 0. The van der Waals surface area contributed by atoms with E-state index in [2.05, 4.69) is 280 Å². The van der Waals surface area contributed by atoms with Gasteiger partial charge in [0, 0.05) is 72.1 Å². The summed E-state index contributed by atoms with van der Waals surface area (Å²) in [6.07, 6.45) is 0. The van der Waals surface area contributed by atoms with E-state index in [4.69, 9.17) is 8.83 Å². The zero-order valence-electron chi connectivity index (χ0n) is 42.8. The molecule has 0 spiro atoms. The van der Waals surface area contributed by atoms with Gasteiger partial charge >= 0.3 is 0 Å². The van der Waals surface area contributed by atoms with Gasteiger partial charge in [-0.1, -0.05) is 167 Å². The van der Waals surface area contributed by atoms with Crippen molar-refractivity contribution in [3.63, 3.8) is 0 Å². The number of hydrogen-bond donors (Lipinski definition) is 0. The SMILES string of the molecule is CC1(C)c2ccccc2-c2ccc3c(oc4ccc(N(c5ccccc5)c5ccc(-c6cccc(N(c7ccccc7)c7ccc(-c8ccc9oc%10ccc%11c(c%10c9c8)C(C)(C)c8ccccc8-%11)cc7)c6)cc5)cc43)c21. The molecule has 4 nitrogen and oxygen atoms in total. The lowest BCUT2D eigenvalue weighted by atomic mass is 9.80. The number of anilines is 6. The van der Waals surface area contributed by atoms with Gasteiger partial charge < -0.3 is 18.6 Å². The highest BCUT2D eigenvalue weighted by Gasteiger charge is 2.39. The Morgan fingerprint density at radius 2 is 0.750 bits per heavy atom. The summed E-state index contributed by atoms with van der Waals surface area (Å²) in [5.41, 5.74) is 24.9. The maximum absolute atomic E-state index is 6.80. The van der Waals surface area contributed by atoms with Gasteiger partial charge in [-0.15, -0.1) is 0 Å². The van der Waals surface area contributed by atoms with Crippen LogP contribution in [0.15, 0.2) is 251 Å². The smallest absolute Gasteiger partial charge is 0.140 e. The average molecular weight is 977 g/mol. The van der Waals surface area contributed by atoms with Crippen molar-refractivity contribution < 1.29 is 8.83 Å². The summed E-state index contributed by atoms with van der Waals surface area (Å²) in [5, 5.41) is 4.61. The predicted octanol–water partition coefficient (Wildman–Crippen LogP) is 20.4. The van der Waals surface area contributed by atoms with Crippen LogP contribution in [-0.4, -0.2) is 0 Å². The third kappa shape index (κ3) is 6.63. The number of furan rings is 2. The van der Waals surface area contributed by atoms with Crippen LogP contribution in [0.4, 0.5) is 34.1 Å². The van der Waals surface area contributed by atoms with Gasteiger partial charge in [-0.3, -0.25) is 0 Å². The van der Waals surface area contributed by atoms with E-state index in [1.165, 1.54) is 49.9 Å². The molecule has 13 aromatic rings. The zero-order valence-corrected chi connectivity index (χ0v) is 42.8. The molecule has 0 fully saturated rings. The molecule has 0 radical (unpaired) electrons.